The first-order valence-corrected chi connectivity index (χ1v) is 9.02. The van der Waals surface area contributed by atoms with Gasteiger partial charge in [0, 0.05) is 23.0 Å². The van der Waals surface area contributed by atoms with Gasteiger partial charge in [0.05, 0.1) is 25.4 Å². The number of ether oxygens (including phenoxy) is 1. The zero-order valence-corrected chi connectivity index (χ0v) is 14.7. The summed E-state index contributed by atoms with van der Waals surface area (Å²) in [6.07, 6.45) is 0.169. The summed E-state index contributed by atoms with van der Waals surface area (Å²) in [6, 6.07) is 13.9. The van der Waals surface area contributed by atoms with Crippen LogP contribution in [0.5, 0.6) is 0 Å². The topological polar surface area (TPSA) is 74.4 Å². The Labute approximate surface area is 156 Å². The number of amides is 1. The Morgan fingerprint density at radius 1 is 1.19 bits per heavy atom. The lowest BCUT2D eigenvalue weighted by Crippen LogP contribution is -2.42. The first-order valence-electron chi connectivity index (χ1n) is 9.02. The van der Waals surface area contributed by atoms with Crippen molar-refractivity contribution in [3.8, 4) is 11.3 Å². The van der Waals surface area contributed by atoms with Crippen LogP contribution < -0.4 is 5.32 Å². The van der Waals surface area contributed by atoms with Crippen LogP contribution in [-0.2, 0) is 16.0 Å². The number of H-pyrrole nitrogens is 1. The van der Waals surface area contributed by atoms with Crippen molar-refractivity contribution in [2.24, 2.45) is 0 Å². The van der Waals surface area contributed by atoms with Crippen molar-refractivity contribution in [1.29, 1.82) is 0 Å². The summed E-state index contributed by atoms with van der Waals surface area (Å²) >= 11 is 0. The Morgan fingerprint density at radius 3 is 2.70 bits per heavy atom. The summed E-state index contributed by atoms with van der Waals surface area (Å²) in [7, 11) is 0. The van der Waals surface area contributed by atoms with Crippen LogP contribution in [-0.4, -0.2) is 41.4 Å². The molecule has 3 aromatic rings. The molecule has 0 radical (unpaired) electrons. The van der Waals surface area contributed by atoms with Crippen molar-refractivity contribution in [1.82, 2.24) is 10.3 Å². The van der Waals surface area contributed by atoms with Crippen molar-refractivity contribution < 1.29 is 19.0 Å². The number of aromatic amines is 1. The molecule has 6 heteroatoms. The van der Waals surface area contributed by atoms with Crippen molar-refractivity contribution in [3.05, 3.63) is 59.9 Å². The predicted octanol–water partition coefficient (Wildman–Crippen LogP) is 2.78. The maximum absolute atomic E-state index is 13.3. The van der Waals surface area contributed by atoms with E-state index in [4.69, 9.17) is 4.74 Å². The van der Waals surface area contributed by atoms with E-state index < -0.39 is 6.10 Å². The molecule has 2 aromatic carbocycles. The van der Waals surface area contributed by atoms with Crippen molar-refractivity contribution >= 4 is 16.8 Å². The molecule has 1 fully saturated rings. The molecular formula is C21H21FN2O3. The van der Waals surface area contributed by atoms with Crippen LogP contribution in [0.4, 0.5) is 4.39 Å². The Bertz CT molecular complexity index is 952. The predicted molar refractivity (Wildman–Crippen MR) is 101 cm³/mol. The van der Waals surface area contributed by atoms with E-state index in [9.17, 15) is 14.3 Å². The zero-order chi connectivity index (χ0) is 18.8. The standard InChI is InChI=1S/C21H21FN2O3/c22-14-7-5-13(6-8-14)21-16(15-3-1-2-4-17(15)24-21)9-10-20(26)23-18-11-27-12-19(18)25/h1-8,18-19,24-25H,9-12H2,(H,23,26)/t18-,19-/m1/s1. The van der Waals surface area contributed by atoms with Crippen LogP contribution in [0.25, 0.3) is 22.2 Å². The molecule has 0 unspecified atom stereocenters. The molecule has 1 saturated heterocycles. The van der Waals surface area contributed by atoms with Crippen LogP contribution in [0.1, 0.15) is 12.0 Å². The largest absolute Gasteiger partial charge is 0.388 e. The van der Waals surface area contributed by atoms with E-state index in [1.54, 1.807) is 12.1 Å². The Hall–Kier alpha value is -2.70. The molecule has 4 rings (SSSR count). The molecular weight excluding hydrogens is 347 g/mol. The SMILES string of the molecule is O=C(CCc1c(-c2ccc(F)cc2)[nH]c2ccccc12)N[C@@H]1COC[C@H]1O. The Kier molecular flexibility index (Phi) is 4.92. The molecule has 0 bridgehead atoms. The number of fused-ring (bicyclic) bond motifs is 1. The number of aliphatic hydroxyl groups is 1. The second kappa shape index (κ2) is 7.50. The molecule has 3 N–H and O–H groups in total. The lowest BCUT2D eigenvalue weighted by Gasteiger charge is -2.14. The Balaban J connectivity index is 1.57. The van der Waals surface area contributed by atoms with Gasteiger partial charge in [-0.3, -0.25) is 4.79 Å². The molecule has 1 amide bonds. The number of aryl methyl sites for hydroxylation is 1. The maximum atomic E-state index is 13.3. The molecule has 1 aromatic heterocycles. The molecule has 0 spiro atoms. The molecule has 5 nitrogen and oxygen atoms in total. The Morgan fingerprint density at radius 2 is 1.96 bits per heavy atom. The minimum atomic E-state index is -0.656. The fraction of sp³-hybridized carbons (Fsp3) is 0.286. The minimum absolute atomic E-state index is 0.125. The van der Waals surface area contributed by atoms with Gasteiger partial charge in [-0.25, -0.2) is 4.39 Å². The molecule has 1 aliphatic rings. The number of carbonyl (C=O) groups is 1. The van der Waals surface area contributed by atoms with Crippen molar-refractivity contribution in [2.45, 2.75) is 25.0 Å². The highest BCUT2D eigenvalue weighted by Gasteiger charge is 2.27. The third kappa shape index (κ3) is 3.72. The lowest BCUT2D eigenvalue weighted by atomic mass is 10.0. The third-order valence-electron chi connectivity index (χ3n) is 4.95. The summed E-state index contributed by atoms with van der Waals surface area (Å²) in [5.41, 5.74) is 3.78. The molecule has 27 heavy (non-hydrogen) atoms. The summed E-state index contributed by atoms with van der Waals surface area (Å²) < 4.78 is 18.5. The van der Waals surface area contributed by atoms with E-state index >= 15 is 0 Å². The number of nitrogens with one attached hydrogen (secondary N) is 2. The van der Waals surface area contributed by atoms with E-state index in [1.807, 2.05) is 24.3 Å². The van der Waals surface area contributed by atoms with Crippen LogP contribution in [0.2, 0.25) is 0 Å². The van der Waals surface area contributed by atoms with E-state index in [-0.39, 0.29) is 24.4 Å². The van der Waals surface area contributed by atoms with Gasteiger partial charge in [0.25, 0.3) is 0 Å². The number of hydrogen-bond acceptors (Lipinski definition) is 3. The number of hydrogen-bond donors (Lipinski definition) is 3. The normalized spacial score (nSPS) is 19.5. The zero-order valence-electron chi connectivity index (χ0n) is 14.7. The number of benzene rings is 2. The number of aromatic nitrogens is 1. The third-order valence-corrected chi connectivity index (χ3v) is 4.95. The monoisotopic (exact) mass is 368 g/mol. The number of rotatable bonds is 5. The average Bonchev–Trinajstić information content (AvgIpc) is 3.24. The van der Waals surface area contributed by atoms with Gasteiger partial charge in [0.15, 0.2) is 0 Å². The molecule has 2 heterocycles. The van der Waals surface area contributed by atoms with E-state index in [1.165, 1.54) is 12.1 Å². The van der Waals surface area contributed by atoms with Gasteiger partial charge in [-0.15, -0.1) is 0 Å². The second-order valence-corrected chi connectivity index (χ2v) is 6.81. The van der Waals surface area contributed by atoms with Crippen molar-refractivity contribution in [2.75, 3.05) is 13.2 Å². The highest BCUT2D eigenvalue weighted by atomic mass is 19.1. The van der Waals surface area contributed by atoms with E-state index in [0.717, 1.165) is 27.7 Å². The van der Waals surface area contributed by atoms with Crippen molar-refractivity contribution in [3.63, 3.8) is 0 Å². The van der Waals surface area contributed by atoms with Crippen LogP contribution in [0.3, 0.4) is 0 Å². The fourth-order valence-corrected chi connectivity index (χ4v) is 3.52. The van der Waals surface area contributed by atoms with Crippen LogP contribution in [0.15, 0.2) is 48.5 Å². The number of para-hydroxylation sites is 1. The fourth-order valence-electron chi connectivity index (χ4n) is 3.52. The first-order chi connectivity index (χ1) is 13.1. The highest BCUT2D eigenvalue weighted by molar-refractivity contribution is 5.91. The van der Waals surface area contributed by atoms with Gasteiger partial charge in [-0.1, -0.05) is 18.2 Å². The van der Waals surface area contributed by atoms with Gasteiger partial charge in [-0.05, 0) is 47.9 Å². The average molecular weight is 368 g/mol. The highest BCUT2D eigenvalue weighted by Crippen LogP contribution is 2.31. The quantitative estimate of drug-likeness (QED) is 0.648. The maximum Gasteiger partial charge on any atom is 0.220 e. The number of carbonyl (C=O) groups excluding carboxylic acids is 1. The minimum Gasteiger partial charge on any atom is -0.388 e. The first kappa shape index (κ1) is 17.7. The molecule has 140 valence electrons. The van der Waals surface area contributed by atoms with Crippen LogP contribution in [0, 0.1) is 5.82 Å². The summed E-state index contributed by atoms with van der Waals surface area (Å²) in [5.74, 6) is -0.409. The van der Waals surface area contributed by atoms with Gasteiger partial charge in [-0.2, -0.15) is 0 Å². The number of aliphatic hydroxyl groups excluding tert-OH is 1. The smallest absolute Gasteiger partial charge is 0.220 e. The molecule has 2 atom stereocenters. The molecule has 0 saturated carbocycles. The lowest BCUT2D eigenvalue weighted by molar-refractivity contribution is -0.122. The summed E-state index contributed by atoms with van der Waals surface area (Å²) in [5, 5.41) is 13.7. The summed E-state index contributed by atoms with van der Waals surface area (Å²) in [4.78, 5) is 15.7. The van der Waals surface area contributed by atoms with Gasteiger partial charge < -0.3 is 20.1 Å². The second-order valence-electron chi connectivity index (χ2n) is 6.81. The number of halogens is 1. The van der Waals surface area contributed by atoms with Gasteiger partial charge in [0.2, 0.25) is 5.91 Å². The van der Waals surface area contributed by atoms with Crippen LogP contribution >= 0.6 is 0 Å². The molecule has 0 aliphatic carbocycles. The molecule has 1 aliphatic heterocycles. The van der Waals surface area contributed by atoms with E-state index in [2.05, 4.69) is 10.3 Å². The van der Waals surface area contributed by atoms with Gasteiger partial charge in [0.1, 0.15) is 5.82 Å². The van der Waals surface area contributed by atoms with E-state index in [0.29, 0.717) is 19.4 Å². The summed E-state index contributed by atoms with van der Waals surface area (Å²) in [6.45, 7) is 0.586. The van der Waals surface area contributed by atoms with Gasteiger partial charge >= 0.3 is 0 Å².